The van der Waals surface area contributed by atoms with E-state index in [0.29, 0.717) is 0 Å². The molecule has 0 aliphatic rings. The fourth-order valence-corrected chi connectivity index (χ4v) is 8.04. The van der Waals surface area contributed by atoms with Gasteiger partial charge in [-0.15, -0.1) is 0 Å². The second-order valence-electron chi connectivity index (χ2n) is 13.8. The van der Waals surface area contributed by atoms with E-state index in [2.05, 4.69) is 228 Å². The van der Waals surface area contributed by atoms with Gasteiger partial charge in [0.1, 0.15) is 0 Å². The third kappa shape index (κ3) is 5.53. The lowest BCUT2D eigenvalue weighted by molar-refractivity contribution is 1.18. The summed E-state index contributed by atoms with van der Waals surface area (Å²) in [6.07, 6.45) is 0. The molecule has 0 saturated carbocycles. The van der Waals surface area contributed by atoms with Crippen LogP contribution in [0.1, 0.15) is 0 Å². The van der Waals surface area contributed by atoms with E-state index in [4.69, 9.17) is 0 Å². The smallest absolute Gasteiger partial charge is 0.0547 e. The predicted molar refractivity (Wildman–Crippen MR) is 229 cm³/mol. The van der Waals surface area contributed by atoms with Crippen molar-refractivity contribution in [1.29, 1.82) is 0 Å². The molecule has 0 amide bonds. The van der Waals surface area contributed by atoms with E-state index in [0.717, 1.165) is 28.3 Å². The van der Waals surface area contributed by atoms with Gasteiger partial charge in [-0.1, -0.05) is 164 Å². The van der Waals surface area contributed by atoms with Crippen molar-refractivity contribution in [2.75, 3.05) is 4.90 Å². The minimum Gasteiger partial charge on any atom is -0.310 e. The van der Waals surface area contributed by atoms with E-state index in [1.54, 1.807) is 0 Å². The molecule has 9 aromatic carbocycles. The quantitative estimate of drug-likeness (QED) is 0.162. The van der Waals surface area contributed by atoms with Crippen LogP contribution in [0.15, 0.2) is 218 Å². The Morgan fingerprint density at radius 2 is 0.944 bits per heavy atom. The first-order chi connectivity index (χ1) is 26.8. The lowest BCUT2D eigenvalue weighted by Gasteiger charge is -2.28. The van der Waals surface area contributed by atoms with Gasteiger partial charge in [0.2, 0.25) is 0 Å². The van der Waals surface area contributed by atoms with Crippen molar-refractivity contribution in [3.63, 3.8) is 0 Å². The number of hydrogen-bond acceptors (Lipinski definition) is 1. The van der Waals surface area contributed by atoms with Gasteiger partial charge in [0, 0.05) is 33.4 Å². The van der Waals surface area contributed by atoms with Crippen LogP contribution in [0.4, 0.5) is 17.1 Å². The monoisotopic (exact) mass is 688 g/mol. The van der Waals surface area contributed by atoms with Crippen LogP contribution in [0.5, 0.6) is 0 Å². The summed E-state index contributed by atoms with van der Waals surface area (Å²) in [5.74, 6) is 0. The molecule has 0 aliphatic carbocycles. The maximum atomic E-state index is 2.42. The summed E-state index contributed by atoms with van der Waals surface area (Å²) in [5, 5.41) is 5.06. The van der Waals surface area contributed by atoms with E-state index in [9.17, 15) is 0 Å². The minimum absolute atomic E-state index is 1.10. The first kappa shape index (κ1) is 31.6. The Bertz CT molecular complexity index is 2910. The Kier molecular flexibility index (Phi) is 7.85. The Morgan fingerprint density at radius 3 is 1.74 bits per heavy atom. The normalized spacial score (nSPS) is 11.3. The molecule has 0 bridgehead atoms. The number of nitrogens with zero attached hydrogens (tertiary/aromatic N) is 2. The molecule has 0 atom stereocenters. The predicted octanol–water partition coefficient (Wildman–Crippen LogP) is 14.4. The van der Waals surface area contributed by atoms with Gasteiger partial charge in [-0.05, 0) is 93.2 Å². The highest BCUT2D eigenvalue weighted by Gasteiger charge is 2.19. The van der Waals surface area contributed by atoms with Crippen molar-refractivity contribution in [3.05, 3.63) is 218 Å². The summed E-state index contributed by atoms with van der Waals surface area (Å²) >= 11 is 0. The molecule has 54 heavy (non-hydrogen) atoms. The summed E-state index contributed by atoms with van der Waals surface area (Å²) < 4.78 is 2.42. The van der Waals surface area contributed by atoms with Crippen LogP contribution in [-0.2, 0) is 0 Å². The molecular weight excluding hydrogens is 653 g/mol. The first-order valence-electron chi connectivity index (χ1n) is 18.5. The molecule has 0 fully saturated rings. The zero-order valence-electron chi connectivity index (χ0n) is 29.7. The summed E-state index contributed by atoms with van der Waals surface area (Å²) in [6, 6.07) is 78.8. The van der Waals surface area contributed by atoms with Gasteiger partial charge in [-0.25, -0.2) is 0 Å². The van der Waals surface area contributed by atoms with E-state index >= 15 is 0 Å². The number of aromatic nitrogens is 1. The molecule has 0 spiro atoms. The van der Waals surface area contributed by atoms with E-state index in [1.807, 2.05) is 0 Å². The van der Waals surface area contributed by atoms with Gasteiger partial charge in [-0.3, -0.25) is 0 Å². The van der Waals surface area contributed by atoms with Gasteiger partial charge in [0.15, 0.2) is 0 Å². The maximum absolute atomic E-state index is 2.42. The van der Waals surface area contributed by atoms with Crippen molar-refractivity contribution in [2.45, 2.75) is 0 Å². The molecule has 1 heterocycles. The van der Waals surface area contributed by atoms with Crippen molar-refractivity contribution >= 4 is 49.6 Å². The zero-order valence-corrected chi connectivity index (χ0v) is 29.7. The average molecular weight is 689 g/mol. The van der Waals surface area contributed by atoms with Gasteiger partial charge < -0.3 is 9.47 Å². The topological polar surface area (TPSA) is 8.17 Å². The fraction of sp³-hybridized carbons (Fsp3) is 0. The van der Waals surface area contributed by atoms with Gasteiger partial charge >= 0.3 is 0 Å². The van der Waals surface area contributed by atoms with Crippen molar-refractivity contribution in [3.8, 4) is 39.1 Å². The third-order valence-electron chi connectivity index (χ3n) is 10.6. The Balaban J connectivity index is 1.15. The molecule has 254 valence electrons. The molecular formula is C52H36N2. The van der Waals surface area contributed by atoms with Crippen LogP contribution >= 0.6 is 0 Å². The van der Waals surface area contributed by atoms with E-state index in [1.165, 1.54) is 60.4 Å². The number of anilines is 3. The molecule has 0 aliphatic heterocycles. The number of para-hydroxylation sites is 2. The van der Waals surface area contributed by atoms with Crippen LogP contribution in [0.3, 0.4) is 0 Å². The molecule has 1 aromatic heterocycles. The summed E-state index contributed by atoms with van der Waals surface area (Å²) in [6.45, 7) is 0. The average Bonchev–Trinajstić information content (AvgIpc) is 3.59. The molecule has 2 heteroatoms. The molecule has 0 N–H and O–H groups in total. The zero-order chi connectivity index (χ0) is 35.8. The van der Waals surface area contributed by atoms with Crippen molar-refractivity contribution < 1.29 is 0 Å². The summed E-state index contributed by atoms with van der Waals surface area (Å²) in [7, 11) is 0. The summed E-state index contributed by atoms with van der Waals surface area (Å²) in [5.41, 5.74) is 14.0. The second-order valence-corrected chi connectivity index (χ2v) is 13.8. The third-order valence-corrected chi connectivity index (χ3v) is 10.6. The van der Waals surface area contributed by atoms with Crippen LogP contribution in [0.2, 0.25) is 0 Å². The van der Waals surface area contributed by atoms with E-state index < -0.39 is 0 Å². The minimum atomic E-state index is 1.10. The van der Waals surface area contributed by atoms with Crippen LogP contribution in [-0.4, -0.2) is 4.57 Å². The highest BCUT2D eigenvalue weighted by Crippen LogP contribution is 2.43. The molecule has 0 radical (unpaired) electrons. The SMILES string of the molecule is c1ccc(-c2ccc(N(c3cccc(-c4ccc5c6c7ccccc7ccc6n(-c6ccccc6)c5c4)c3)c3ccccc3-c3ccccc3)cc2)cc1. The first-order valence-corrected chi connectivity index (χ1v) is 18.5. The van der Waals surface area contributed by atoms with Crippen LogP contribution < -0.4 is 4.90 Å². The fourth-order valence-electron chi connectivity index (χ4n) is 8.04. The number of rotatable bonds is 7. The molecule has 0 unspecified atom stereocenters. The van der Waals surface area contributed by atoms with Gasteiger partial charge in [-0.2, -0.15) is 0 Å². The maximum Gasteiger partial charge on any atom is 0.0547 e. The lowest BCUT2D eigenvalue weighted by atomic mass is 9.99. The Hall–Kier alpha value is -7.16. The largest absolute Gasteiger partial charge is 0.310 e. The molecule has 10 rings (SSSR count). The van der Waals surface area contributed by atoms with Crippen LogP contribution in [0.25, 0.3) is 71.6 Å². The Morgan fingerprint density at radius 1 is 0.333 bits per heavy atom. The lowest BCUT2D eigenvalue weighted by Crippen LogP contribution is -2.11. The second kappa shape index (κ2) is 13.4. The van der Waals surface area contributed by atoms with Crippen LogP contribution in [0, 0.1) is 0 Å². The Labute approximate surface area is 315 Å². The van der Waals surface area contributed by atoms with Gasteiger partial charge in [0.25, 0.3) is 0 Å². The highest BCUT2D eigenvalue weighted by atomic mass is 15.1. The summed E-state index contributed by atoms with van der Waals surface area (Å²) in [4.78, 5) is 2.40. The van der Waals surface area contributed by atoms with E-state index in [-0.39, 0.29) is 0 Å². The standard InChI is InChI=1S/C52H36N2/c1-4-15-37(16-5-1)38-27-31-44(32-28-38)53(49-26-13-12-24-46(49)39-17-6-2-7-18-39)45-23-14-20-41(35-45)42-29-33-48-51(36-42)54(43-21-8-3-9-22-43)50-34-30-40-19-10-11-25-47(40)52(48)50/h1-36H. The highest BCUT2D eigenvalue weighted by molar-refractivity contribution is 6.21. The van der Waals surface area contributed by atoms with Crippen molar-refractivity contribution in [2.24, 2.45) is 0 Å². The molecule has 10 aromatic rings. The number of hydrogen-bond donors (Lipinski definition) is 0. The van der Waals surface area contributed by atoms with Crippen molar-refractivity contribution in [1.82, 2.24) is 4.57 Å². The number of benzene rings is 9. The molecule has 2 nitrogen and oxygen atoms in total. The number of fused-ring (bicyclic) bond motifs is 5. The molecule has 0 saturated heterocycles. The van der Waals surface area contributed by atoms with Gasteiger partial charge in [0.05, 0.1) is 16.7 Å².